The van der Waals surface area contributed by atoms with Gasteiger partial charge in [0.2, 0.25) is 0 Å². The molecular weight excluding hydrogens is 254 g/mol. The van der Waals surface area contributed by atoms with Crippen LogP contribution in [-0.4, -0.2) is 32.6 Å². The second-order valence-electron chi connectivity index (χ2n) is 5.25. The Bertz CT molecular complexity index is 453. The maximum absolute atomic E-state index is 10.9. The van der Waals surface area contributed by atoms with Gasteiger partial charge < -0.3 is 14.8 Å². The predicted octanol–water partition coefficient (Wildman–Crippen LogP) is 2.52. The van der Waals surface area contributed by atoms with Crippen molar-refractivity contribution < 1.29 is 14.3 Å². The summed E-state index contributed by atoms with van der Waals surface area (Å²) in [5.41, 5.74) is 1.29. The van der Waals surface area contributed by atoms with Gasteiger partial charge >= 0.3 is 0 Å². The lowest BCUT2D eigenvalue weighted by molar-refractivity contribution is -0.117. The van der Waals surface area contributed by atoms with Gasteiger partial charge in [-0.1, -0.05) is 6.07 Å². The fraction of sp³-hybridized carbons (Fsp3) is 0.562. The van der Waals surface area contributed by atoms with E-state index in [1.807, 2.05) is 6.07 Å². The lowest BCUT2D eigenvalue weighted by Crippen LogP contribution is -2.28. The zero-order chi connectivity index (χ0) is 14.4. The molecule has 0 aromatic heterocycles. The van der Waals surface area contributed by atoms with E-state index >= 15 is 0 Å². The zero-order valence-electron chi connectivity index (χ0n) is 12.3. The van der Waals surface area contributed by atoms with Crippen molar-refractivity contribution >= 4 is 5.78 Å². The highest BCUT2D eigenvalue weighted by Crippen LogP contribution is 2.33. The normalized spacial score (nSPS) is 18.6. The molecule has 2 rings (SSSR count). The molecule has 1 aromatic rings. The minimum absolute atomic E-state index is 0.133. The molecule has 1 heterocycles. The number of methoxy groups -OCH3 is 1. The first-order chi connectivity index (χ1) is 9.70. The number of nitrogens with one attached hydrogen (secondary N) is 1. The lowest BCUT2D eigenvalue weighted by atomic mass is 9.91. The van der Waals surface area contributed by atoms with E-state index in [1.54, 1.807) is 14.0 Å². The van der Waals surface area contributed by atoms with E-state index < -0.39 is 0 Å². The summed E-state index contributed by atoms with van der Waals surface area (Å²) in [6.07, 6.45) is 2.85. The predicted molar refractivity (Wildman–Crippen MR) is 78.6 cm³/mol. The first kappa shape index (κ1) is 14.9. The summed E-state index contributed by atoms with van der Waals surface area (Å²) in [5.74, 6) is 2.13. The third-order valence-electron chi connectivity index (χ3n) is 3.67. The number of hydrogen-bond acceptors (Lipinski definition) is 4. The Morgan fingerprint density at radius 2 is 2.25 bits per heavy atom. The van der Waals surface area contributed by atoms with Gasteiger partial charge in [-0.15, -0.1) is 0 Å². The average Bonchev–Trinajstić information content (AvgIpc) is 2.48. The second-order valence-corrected chi connectivity index (χ2v) is 5.25. The van der Waals surface area contributed by atoms with Crippen LogP contribution in [0.3, 0.4) is 0 Å². The first-order valence-electron chi connectivity index (χ1n) is 7.21. The van der Waals surface area contributed by atoms with Crippen molar-refractivity contribution in [3.63, 3.8) is 0 Å². The number of rotatable bonds is 6. The Hall–Kier alpha value is -1.55. The molecule has 0 saturated carbocycles. The van der Waals surface area contributed by atoms with E-state index in [-0.39, 0.29) is 5.78 Å². The quantitative estimate of drug-likeness (QED) is 0.868. The molecule has 1 N–H and O–H groups in total. The number of ketones is 1. The summed E-state index contributed by atoms with van der Waals surface area (Å²) in [6.45, 7) is 4.10. The summed E-state index contributed by atoms with van der Waals surface area (Å²) >= 11 is 0. The standard InChI is InChI=1S/C16H23NO3/c1-12(18)7-9-20-15-6-5-13(10-16(15)19-2)14-4-3-8-17-11-14/h5-6,10,14,17H,3-4,7-9,11H2,1-2H3. The molecule has 4 heteroatoms. The highest BCUT2D eigenvalue weighted by molar-refractivity contribution is 5.75. The van der Waals surface area contributed by atoms with Crippen molar-refractivity contribution in [2.24, 2.45) is 0 Å². The molecule has 1 saturated heterocycles. The van der Waals surface area contributed by atoms with Crippen LogP contribution in [0.1, 0.15) is 37.7 Å². The van der Waals surface area contributed by atoms with Crippen molar-refractivity contribution in [3.05, 3.63) is 23.8 Å². The third-order valence-corrected chi connectivity index (χ3v) is 3.67. The van der Waals surface area contributed by atoms with E-state index in [2.05, 4.69) is 17.4 Å². The van der Waals surface area contributed by atoms with Crippen molar-refractivity contribution in [1.29, 1.82) is 0 Å². The summed E-state index contributed by atoms with van der Waals surface area (Å²) in [6, 6.07) is 6.10. The summed E-state index contributed by atoms with van der Waals surface area (Å²) in [5, 5.41) is 3.42. The molecule has 0 aliphatic carbocycles. The molecule has 1 aliphatic heterocycles. The van der Waals surface area contributed by atoms with Gasteiger partial charge in [-0.2, -0.15) is 0 Å². The van der Waals surface area contributed by atoms with Crippen molar-refractivity contribution in [2.45, 2.75) is 32.1 Å². The van der Waals surface area contributed by atoms with Crippen LogP contribution in [0.2, 0.25) is 0 Å². The van der Waals surface area contributed by atoms with Crippen LogP contribution in [-0.2, 0) is 4.79 Å². The molecule has 1 unspecified atom stereocenters. The van der Waals surface area contributed by atoms with Crippen molar-refractivity contribution in [1.82, 2.24) is 5.32 Å². The summed E-state index contributed by atoms with van der Waals surface area (Å²) in [7, 11) is 1.65. The first-order valence-corrected chi connectivity index (χ1v) is 7.21. The van der Waals surface area contributed by atoms with Crippen LogP contribution in [0.25, 0.3) is 0 Å². The molecule has 4 nitrogen and oxygen atoms in total. The fourth-order valence-corrected chi connectivity index (χ4v) is 2.50. The molecule has 1 aromatic carbocycles. The number of ether oxygens (including phenoxy) is 2. The van der Waals surface area contributed by atoms with Crippen molar-refractivity contribution in [3.8, 4) is 11.5 Å². The van der Waals surface area contributed by atoms with Crippen LogP contribution in [0.5, 0.6) is 11.5 Å². The molecule has 0 spiro atoms. The van der Waals surface area contributed by atoms with Gasteiger partial charge in [0.15, 0.2) is 11.5 Å². The Morgan fingerprint density at radius 1 is 1.40 bits per heavy atom. The number of carbonyl (C=O) groups excluding carboxylic acids is 1. The van der Waals surface area contributed by atoms with E-state index in [0.29, 0.717) is 24.7 Å². The molecule has 0 amide bonds. The number of carbonyl (C=O) groups is 1. The molecule has 1 atom stereocenters. The number of hydrogen-bond donors (Lipinski definition) is 1. The minimum atomic E-state index is 0.133. The number of benzene rings is 1. The largest absolute Gasteiger partial charge is 0.493 e. The smallest absolute Gasteiger partial charge is 0.161 e. The molecule has 1 aliphatic rings. The SMILES string of the molecule is COc1cc(C2CCCNC2)ccc1OCCC(C)=O. The monoisotopic (exact) mass is 277 g/mol. The van der Waals surface area contributed by atoms with Gasteiger partial charge in [0.1, 0.15) is 5.78 Å². The Kier molecular flexibility index (Phi) is 5.41. The van der Waals surface area contributed by atoms with Gasteiger partial charge in [0.05, 0.1) is 13.7 Å². The maximum Gasteiger partial charge on any atom is 0.161 e. The molecule has 110 valence electrons. The number of piperidine rings is 1. The molecule has 0 radical (unpaired) electrons. The van der Waals surface area contributed by atoms with Gasteiger partial charge in [-0.05, 0) is 49.9 Å². The average molecular weight is 277 g/mol. The van der Waals surface area contributed by atoms with Gasteiger partial charge in [0, 0.05) is 13.0 Å². The van der Waals surface area contributed by atoms with Crippen LogP contribution in [0.15, 0.2) is 18.2 Å². The maximum atomic E-state index is 10.9. The van der Waals surface area contributed by atoms with Gasteiger partial charge in [-0.3, -0.25) is 4.79 Å². The van der Waals surface area contributed by atoms with Gasteiger partial charge in [-0.25, -0.2) is 0 Å². The van der Waals surface area contributed by atoms with E-state index in [9.17, 15) is 4.79 Å². The topological polar surface area (TPSA) is 47.6 Å². The van der Waals surface area contributed by atoms with E-state index in [4.69, 9.17) is 9.47 Å². The van der Waals surface area contributed by atoms with Gasteiger partial charge in [0.25, 0.3) is 0 Å². The van der Waals surface area contributed by atoms with E-state index in [0.717, 1.165) is 18.8 Å². The molecular formula is C16H23NO3. The minimum Gasteiger partial charge on any atom is -0.493 e. The Balaban J connectivity index is 2.04. The zero-order valence-corrected chi connectivity index (χ0v) is 12.3. The van der Waals surface area contributed by atoms with Crippen LogP contribution in [0.4, 0.5) is 0 Å². The van der Waals surface area contributed by atoms with Crippen molar-refractivity contribution in [2.75, 3.05) is 26.8 Å². The van der Waals surface area contributed by atoms with E-state index in [1.165, 1.54) is 18.4 Å². The third kappa shape index (κ3) is 3.97. The second kappa shape index (κ2) is 7.29. The Morgan fingerprint density at radius 3 is 2.90 bits per heavy atom. The lowest BCUT2D eigenvalue weighted by Gasteiger charge is -2.24. The Labute approximate surface area is 120 Å². The highest BCUT2D eigenvalue weighted by atomic mass is 16.5. The molecule has 20 heavy (non-hydrogen) atoms. The van der Waals surface area contributed by atoms with Crippen LogP contribution < -0.4 is 14.8 Å². The summed E-state index contributed by atoms with van der Waals surface area (Å²) in [4.78, 5) is 10.9. The fourth-order valence-electron chi connectivity index (χ4n) is 2.50. The highest BCUT2D eigenvalue weighted by Gasteiger charge is 2.17. The molecule has 0 bridgehead atoms. The van der Waals surface area contributed by atoms with Crippen LogP contribution in [0, 0.1) is 0 Å². The van der Waals surface area contributed by atoms with Crippen LogP contribution >= 0.6 is 0 Å². The summed E-state index contributed by atoms with van der Waals surface area (Å²) < 4.78 is 11.0. The number of Topliss-reactive ketones (excluding diaryl/α,β-unsaturated/α-hetero) is 1. The molecule has 1 fully saturated rings.